The number of benzene rings is 1. The highest BCUT2D eigenvalue weighted by molar-refractivity contribution is 6.07. The molecule has 2 aromatic heterocycles. The molecular formula is C29H37N5O. The molecule has 0 saturated carbocycles. The molecule has 1 fully saturated rings. The van der Waals surface area contributed by atoms with Crippen LogP contribution in [0.5, 0.6) is 0 Å². The molecule has 0 radical (unpaired) electrons. The van der Waals surface area contributed by atoms with Crippen molar-refractivity contribution in [3.05, 3.63) is 83.3 Å². The van der Waals surface area contributed by atoms with Gasteiger partial charge in [0.25, 0.3) is 5.91 Å². The molecule has 184 valence electrons. The second-order valence-corrected chi connectivity index (χ2v) is 10.3. The van der Waals surface area contributed by atoms with Gasteiger partial charge in [-0.15, -0.1) is 0 Å². The number of nitrogens with one attached hydrogen (secondary N) is 2. The number of likely N-dealkylation sites (tertiary alicyclic amines) is 1. The monoisotopic (exact) mass is 471 g/mol. The average Bonchev–Trinajstić information content (AvgIpc) is 3.36. The Morgan fingerprint density at radius 2 is 1.80 bits per heavy atom. The molecule has 1 saturated heterocycles. The summed E-state index contributed by atoms with van der Waals surface area (Å²) in [5.41, 5.74) is 5.14. The number of carbonyl (C=O) groups excluding carboxylic acids is 1. The maximum atomic E-state index is 13.2. The Bertz CT molecular complexity index is 1120. The summed E-state index contributed by atoms with van der Waals surface area (Å²) >= 11 is 0. The fourth-order valence-electron chi connectivity index (χ4n) is 4.72. The van der Waals surface area contributed by atoms with E-state index in [-0.39, 0.29) is 11.3 Å². The van der Waals surface area contributed by atoms with Gasteiger partial charge in [0, 0.05) is 30.8 Å². The molecule has 4 rings (SSSR count). The molecular weight excluding hydrogens is 434 g/mol. The number of hydrogen-bond donors (Lipinski definition) is 2. The quantitative estimate of drug-likeness (QED) is 0.421. The predicted molar refractivity (Wildman–Crippen MR) is 143 cm³/mol. The fourth-order valence-corrected chi connectivity index (χ4v) is 4.72. The highest BCUT2D eigenvalue weighted by Gasteiger charge is 2.20. The Kier molecular flexibility index (Phi) is 8.13. The van der Waals surface area contributed by atoms with Gasteiger partial charge in [-0.3, -0.25) is 9.78 Å². The van der Waals surface area contributed by atoms with Crippen molar-refractivity contribution >= 4 is 17.4 Å². The smallest absolute Gasteiger partial charge is 0.259 e. The van der Waals surface area contributed by atoms with Crippen LogP contribution in [0.1, 0.15) is 67.1 Å². The van der Waals surface area contributed by atoms with Crippen LogP contribution in [0, 0.1) is 0 Å². The summed E-state index contributed by atoms with van der Waals surface area (Å²) in [4.78, 5) is 24.2. The molecule has 1 aliphatic heterocycles. The molecule has 3 aromatic rings. The first-order valence-electron chi connectivity index (χ1n) is 12.6. The van der Waals surface area contributed by atoms with Crippen molar-refractivity contribution in [2.24, 2.45) is 0 Å². The highest BCUT2D eigenvalue weighted by atomic mass is 16.1. The summed E-state index contributed by atoms with van der Waals surface area (Å²) in [6.45, 7) is 10.9. The predicted octanol–water partition coefficient (Wildman–Crippen LogP) is 5.67. The van der Waals surface area contributed by atoms with Crippen LogP contribution in [0.4, 0.5) is 11.5 Å². The van der Waals surface area contributed by atoms with E-state index in [4.69, 9.17) is 0 Å². The van der Waals surface area contributed by atoms with Crippen LogP contribution >= 0.6 is 0 Å². The minimum Gasteiger partial charge on any atom is -0.365 e. The van der Waals surface area contributed by atoms with Crippen molar-refractivity contribution in [3.63, 3.8) is 0 Å². The summed E-state index contributed by atoms with van der Waals surface area (Å²) in [5, 5.41) is 6.39. The lowest BCUT2D eigenvalue weighted by Gasteiger charge is -2.24. The van der Waals surface area contributed by atoms with Crippen LogP contribution in [0.3, 0.4) is 0 Å². The molecule has 1 aromatic carbocycles. The molecule has 0 bridgehead atoms. The van der Waals surface area contributed by atoms with E-state index in [1.54, 1.807) is 30.7 Å². The van der Waals surface area contributed by atoms with Gasteiger partial charge in [0.2, 0.25) is 0 Å². The molecule has 0 aliphatic carbocycles. The molecule has 0 unspecified atom stereocenters. The number of hydrogen-bond acceptors (Lipinski definition) is 5. The average molecular weight is 472 g/mol. The van der Waals surface area contributed by atoms with Crippen molar-refractivity contribution in [3.8, 4) is 0 Å². The van der Waals surface area contributed by atoms with E-state index >= 15 is 0 Å². The topological polar surface area (TPSA) is 70.1 Å². The van der Waals surface area contributed by atoms with Gasteiger partial charge in [-0.05, 0) is 104 Å². The zero-order valence-corrected chi connectivity index (χ0v) is 21.2. The van der Waals surface area contributed by atoms with E-state index in [2.05, 4.69) is 58.4 Å². The summed E-state index contributed by atoms with van der Waals surface area (Å²) in [6, 6.07) is 13.8. The molecule has 6 heteroatoms. The zero-order chi connectivity index (χ0) is 24.7. The van der Waals surface area contributed by atoms with Crippen molar-refractivity contribution in [2.75, 3.05) is 30.3 Å². The summed E-state index contributed by atoms with van der Waals surface area (Å²) < 4.78 is 0. The van der Waals surface area contributed by atoms with Crippen LogP contribution in [-0.2, 0) is 18.4 Å². The van der Waals surface area contributed by atoms with Gasteiger partial charge >= 0.3 is 0 Å². The van der Waals surface area contributed by atoms with E-state index in [0.29, 0.717) is 17.9 Å². The third-order valence-corrected chi connectivity index (χ3v) is 6.55. The lowest BCUT2D eigenvalue weighted by Crippen LogP contribution is -2.21. The van der Waals surface area contributed by atoms with E-state index in [1.165, 1.54) is 37.1 Å². The molecule has 1 amide bonds. The first kappa shape index (κ1) is 24.9. The van der Waals surface area contributed by atoms with E-state index in [0.717, 1.165) is 30.6 Å². The largest absolute Gasteiger partial charge is 0.365 e. The Morgan fingerprint density at radius 3 is 2.54 bits per heavy atom. The van der Waals surface area contributed by atoms with E-state index in [9.17, 15) is 4.79 Å². The number of anilines is 2. The van der Waals surface area contributed by atoms with Crippen LogP contribution in [0.25, 0.3) is 0 Å². The number of amides is 1. The Balaban J connectivity index is 1.46. The maximum absolute atomic E-state index is 13.2. The normalized spacial score (nSPS) is 14.1. The number of rotatable bonds is 9. The Hall–Kier alpha value is -3.25. The highest BCUT2D eigenvalue weighted by Crippen LogP contribution is 2.29. The second-order valence-electron chi connectivity index (χ2n) is 10.3. The van der Waals surface area contributed by atoms with Gasteiger partial charge in [0.05, 0.1) is 5.56 Å². The van der Waals surface area contributed by atoms with Crippen molar-refractivity contribution < 1.29 is 4.79 Å². The van der Waals surface area contributed by atoms with E-state index < -0.39 is 0 Å². The van der Waals surface area contributed by atoms with Crippen molar-refractivity contribution in [1.29, 1.82) is 0 Å². The lowest BCUT2D eigenvalue weighted by atomic mass is 9.82. The SMILES string of the molecule is CC(C)(C)c1ccc(NC(=O)c2cccnc2NCc2ccncc2)cc1CCCN1CCCC1. The van der Waals surface area contributed by atoms with Crippen molar-refractivity contribution in [1.82, 2.24) is 14.9 Å². The lowest BCUT2D eigenvalue weighted by molar-refractivity contribution is 0.102. The van der Waals surface area contributed by atoms with Crippen molar-refractivity contribution in [2.45, 2.75) is 58.4 Å². The Morgan fingerprint density at radius 1 is 1.03 bits per heavy atom. The number of aryl methyl sites for hydroxylation is 1. The van der Waals surface area contributed by atoms with Gasteiger partial charge in [-0.1, -0.05) is 26.8 Å². The molecule has 0 atom stereocenters. The first-order chi connectivity index (χ1) is 16.9. The minimum atomic E-state index is -0.165. The number of nitrogens with zero attached hydrogens (tertiary/aromatic N) is 3. The summed E-state index contributed by atoms with van der Waals surface area (Å²) in [7, 11) is 0. The molecule has 6 nitrogen and oxygen atoms in total. The van der Waals surface area contributed by atoms with Gasteiger partial charge in [-0.2, -0.15) is 0 Å². The molecule has 0 spiro atoms. The van der Waals surface area contributed by atoms with Gasteiger partial charge in [-0.25, -0.2) is 4.98 Å². The Labute approximate surface area is 209 Å². The van der Waals surface area contributed by atoms with Gasteiger partial charge in [0.15, 0.2) is 0 Å². The minimum absolute atomic E-state index is 0.0545. The third kappa shape index (κ3) is 6.89. The van der Waals surface area contributed by atoms with Crippen LogP contribution in [0.15, 0.2) is 61.1 Å². The van der Waals surface area contributed by atoms with Crippen LogP contribution < -0.4 is 10.6 Å². The molecule has 3 heterocycles. The zero-order valence-electron chi connectivity index (χ0n) is 21.2. The molecule has 2 N–H and O–H groups in total. The standard InChI is InChI=1S/C29H37N5O/c1-29(2,3)26-11-10-24(20-23(26)8-7-19-34-17-4-5-18-34)33-28(35)25-9-6-14-31-27(25)32-21-22-12-15-30-16-13-22/h6,9-16,20H,4-5,7-8,17-19,21H2,1-3H3,(H,31,32)(H,33,35). The number of pyridine rings is 2. The maximum Gasteiger partial charge on any atom is 0.259 e. The fraction of sp³-hybridized carbons (Fsp3) is 0.414. The van der Waals surface area contributed by atoms with E-state index in [1.807, 2.05) is 18.2 Å². The number of aromatic nitrogens is 2. The van der Waals surface area contributed by atoms with Crippen LogP contribution in [-0.4, -0.2) is 40.4 Å². The molecule has 1 aliphatic rings. The third-order valence-electron chi connectivity index (χ3n) is 6.55. The molecule has 35 heavy (non-hydrogen) atoms. The first-order valence-corrected chi connectivity index (χ1v) is 12.6. The van der Waals surface area contributed by atoms with Crippen LogP contribution in [0.2, 0.25) is 0 Å². The van der Waals surface area contributed by atoms with Gasteiger partial charge in [0.1, 0.15) is 5.82 Å². The number of carbonyl (C=O) groups is 1. The summed E-state index contributed by atoms with van der Waals surface area (Å²) in [5.74, 6) is 0.404. The van der Waals surface area contributed by atoms with Gasteiger partial charge < -0.3 is 15.5 Å². The summed E-state index contributed by atoms with van der Waals surface area (Å²) in [6.07, 6.45) is 10.00. The second kappa shape index (κ2) is 11.5.